The van der Waals surface area contributed by atoms with Gasteiger partial charge in [-0.05, 0) is 54.0 Å². The molecular formula is C30H34FNO2. The fraction of sp³-hybridized carbons (Fsp3) is 0.433. The van der Waals surface area contributed by atoms with E-state index in [4.69, 9.17) is 14.7 Å². The Kier molecular flexibility index (Phi) is 8.68. The highest BCUT2D eigenvalue weighted by Gasteiger charge is 2.23. The Morgan fingerprint density at radius 2 is 1.68 bits per heavy atom. The first-order valence-electron chi connectivity index (χ1n) is 12.6. The van der Waals surface area contributed by atoms with Crippen molar-refractivity contribution >= 4 is 10.8 Å². The van der Waals surface area contributed by atoms with Gasteiger partial charge in [-0.25, -0.2) is 4.39 Å². The molecule has 0 atom stereocenters. The lowest BCUT2D eigenvalue weighted by molar-refractivity contribution is -0.206. The van der Waals surface area contributed by atoms with E-state index in [-0.39, 0.29) is 12.1 Å². The van der Waals surface area contributed by atoms with Gasteiger partial charge in [0.25, 0.3) is 0 Å². The van der Waals surface area contributed by atoms with Gasteiger partial charge in [0.15, 0.2) is 6.29 Å². The van der Waals surface area contributed by atoms with Gasteiger partial charge in [0.2, 0.25) is 0 Å². The first-order valence-corrected chi connectivity index (χ1v) is 12.6. The van der Waals surface area contributed by atoms with Crippen LogP contribution in [-0.2, 0) is 22.3 Å². The second kappa shape index (κ2) is 12.1. The molecule has 3 aromatic carbocycles. The van der Waals surface area contributed by atoms with Gasteiger partial charge in [0.05, 0.1) is 24.8 Å². The van der Waals surface area contributed by atoms with Crippen LogP contribution in [0.1, 0.15) is 74.0 Å². The van der Waals surface area contributed by atoms with Crippen molar-refractivity contribution in [2.45, 2.75) is 64.6 Å². The number of halogens is 1. The molecule has 34 heavy (non-hydrogen) atoms. The molecule has 3 aromatic rings. The predicted molar refractivity (Wildman–Crippen MR) is 134 cm³/mol. The molecule has 178 valence electrons. The molecule has 1 fully saturated rings. The second-order valence-corrected chi connectivity index (χ2v) is 9.40. The Labute approximate surface area is 202 Å². The van der Waals surface area contributed by atoms with Crippen molar-refractivity contribution in [3.63, 3.8) is 0 Å². The lowest BCUT2D eigenvalue weighted by Gasteiger charge is -2.30. The molecule has 0 saturated carbocycles. The molecule has 0 bridgehead atoms. The summed E-state index contributed by atoms with van der Waals surface area (Å²) in [5, 5.41) is 10.4. The van der Waals surface area contributed by atoms with Crippen LogP contribution in [-0.4, -0.2) is 13.2 Å². The maximum atomic E-state index is 15.2. The molecule has 1 aliphatic heterocycles. The zero-order valence-corrected chi connectivity index (χ0v) is 20.1. The topological polar surface area (TPSA) is 42.2 Å². The highest BCUT2D eigenvalue weighted by Crippen LogP contribution is 2.31. The van der Waals surface area contributed by atoms with E-state index in [2.05, 4.69) is 13.0 Å². The molecule has 0 unspecified atom stereocenters. The highest BCUT2D eigenvalue weighted by atomic mass is 19.1. The summed E-state index contributed by atoms with van der Waals surface area (Å²) in [6.45, 7) is 3.68. The molecular weight excluding hydrogens is 425 g/mol. The molecule has 1 aliphatic rings. The number of hydrogen-bond donors (Lipinski definition) is 0. The summed E-state index contributed by atoms with van der Waals surface area (Å²) < 4.78 is 27.3. The number of hydrogen-bond acceptors (Lipinski definition) is 3. The van der Waals surface area contributed by atoms with Gasteiger partial charge < -0.3 is 9.47 Å². The van der Waals surface area contributed by atoms with Gasteiger partial charge in [0, 0.05) is 16.9 Å². The summed E-state index contributed by atoms with van der Waals surface area (Å²) in [7, 11) is 0. The fourth-order valence-corrected chi connectivity index (χ4v) is 4.66. The van der Waals surface area contributed by atoms with Gasteiger partial charge in [0.1, 0.15) is 5.82 Å². The number of nitrogens with zero attached hydrogens (tertiary/aromatic N) is 1. The summed E-state index contributed by atoms with van der Waals surface area (Å²) in [6.07, 6.45) is 8.57. The fourth-order valence-electron chi connectivity index (χ4n) is 4.66. The Bertz CT molecular complexity index is 1110. The second-order valence-electron chi connectivity index (χ2n) is 9.40. The molecule has 0 amide bonds. The van der Waals surface area contributed by atoms with Gasteiger partial charge >= 0.3 is 0 Å². The van der Waals surface area contributed by atoms with Crippen LogP contribution in [0.25, 0.3) is 10.8 Å². The first kappa shape index (κ1) is 24.4. The zero-order chi connectivity index (χ0) is 23.8. The van der Waals surface area contributed by atoms with Crippen molar-refractivity contribution in [3.8, 4) is 6.07 Å². The summed E-state index contributed by atoms with van der Waals surface area (Å²) >= 11 is 0. The molecule has 0 N–H and O–H groups in total. The third kappa shape index (κ3) is 6.23. The minimum atomic E-state index is -0.375. The van der Waals surface area contributed by atoms with Crippen LogP contribution in [0.4, 0.5) is 4.39 Å². The average molecular weight is 460 g/mol. The van der Waals surface area contributed by atoms with E-state index in [1.54, 1.807) is 12.1 Å². The van der Waals surface area contributed by atoms with Crippen LogP contribution in [0, 0.1) is 23.1 Å². The minimum absolute atomic E-state index is 0.161. The van der Waals surface area contributed by atoms with Crippen molar-refractivity contribution in [2.75, 3.05) is 13.2 Å². The van der Waals surface area contributed by atoms with Crippen molar-refractivity contribution < 1.29 is 13.9 Å². The van der Waals surface area contributed by atoms with E-state index in [0.717, 1.165) is 42.6 Å². The van der Waals surface area contributed by atoms with E-state index in [9.17, 15) is 0 Å². The molecule has 1 heterocycles. The first-order chi connectivity index (χ1) is 16.7. The van der Waals surface area contributed by atoms with Crippen LogP contribution in [0.15, 0.2) is 54.6 Å². The lowest BCUT2D eigenvalue weighted by Crippen LogP contribution is -2.27. The summed E-state index contributed by atoms with van der Waals surface area (Å²) in [5.41, 5.74) is 3.38. The quantitative estimate of drug-likeness (QED) is 0.292. The Morgan fingerprint density at radius 1 is 0.912 bits per heavy atom. The van der Waals surface area contributed by atoms with E-state index < -0.39 is 0 Å². The number of benzene rings is 3. The molecule has 0 aliphatic carbocycles. The van der Waals surface area contributed by atoms with E-state index in [1.165, 1.54) is 32.1 Å². The van der Waals surface area contributed by atoms with Crippen molar-refractivity contribution in [1.82, 2.24) is 0 Å². The summed E-state index contributed by atoms with van der Waals surface area (Å²) in [4.78, 5) is 0. The molecule has 0 aromatic heterocycles. The van der Waals surface area contributed by atoms with Gasteiger partial charge in [-0.15, -0.1) is 0 Å². The molecule has 4 heteroatoms. The van der Waals surface area contributed by atoms with E-state index in [1.807, 2.05) is 42.5 Å². The zero-order valence-electron chi connectivity index (χ0n) is 20.1. The van der Waals surface area contributed by atoms with Crippen molar-refractivity contribution in [1.29, 1.82) is 5.26 Å². The maximum absolute atomic E-state index is 15.2. The molecule has 0 spiro atoms. The number of aryl methyl sites for hydroxylation is 2. The number of rotatable bonds is 10. The average Bonchev–Trinajstić information content (AvgIpc) is 2.89. The van der Waals surface area contributed by atoms with Crippen LogP contribution in [0.3, 0.4) is 0 Å². The molecule has 1 saturated heterocycles. The van der Waals surface area contributed by atoms with Crippen LogP contribution >= 0.6 is 0 Å². The third-order valence-electron chi connectivity index (χ3n) is 6.78. The van der Waals surface area contributed by atoms with E-state index >= 15 is 4.39 Å². The number of ether oxygens (including phenoxy) is 2. The van der Waals surface area contributed by atoms with Gasteiger partial charge in [-0.1, -0.05) is 75.4 Å². The molecule has 4 rings (SSSR count). The third-order valence-corrected chi connectivity index (χ3v) is 6.78. The Balaban J connectivity index is 1.34. The normalized spacial score (nSPS) is 18.1. The number of nitriles is 1. The molecule has 0 radical (unpaired) electrons. The molecule has 3 nitrogen and oxygen atoms in total. The Hall–Kier alpha value is -2.74. The smallest absolute Gasteiger partial charge is 0.183 e. The monoisotopic (exact) mass is 459 g/mol. The van der Waals surface area contributed by atoms with Gasteiger partial charge in [-0.2, -0.15) is 5.26 Å². The predicted octanol–water partition coefficient (Wildman–Crippen LogP) is 7.66. The summed E-state index contributed by atoms with van der Waals surface area (Å²) in [5.74, 6) is 0.306. The maximum Gasteiger partial charge on any atom is 0.183 e. The lowest BCUT2D eigenvalue weighted by atomic mass is 9.98. The summed E-state index contributed by atoms with van der Waals surface area (Å²) in [6, 6.07) is 19.2. The van der Waals surface area contributed by atoms with Crippen LogP contribution < -0.4 is 0 Å². The largest absolute Gasteiger partial charge is 0.348 e. The van der Waals surface area contributed by atoms with Crippen LogP contribution in [0.5, 0.6) is 0 Å². The number of unbranched alkanes of at least 4 members (excludes halogenated alkanes) is 4. The van der Waals surface area contributed by atoms with Crippen molar-refractivity contribution in [3.05, 3.63) is 82.7 Å². The van der Waals surface area contributed by atoms with Crippen LogP contribution in [0.2, 0.25) is 0 Å². The standard InChI is InChI=1S/C30H34FNO2/c1-2-3-4-5-6-7-24-20-33-30(34-21-24)27-16-17-28-26(18-27)15-14-25(29(28)31)13-12-22-8-10-23(19-32)11-9-22/h8-11,14-18,24,30H,2-7,12-13,20-21H2,1H3. The van der Waals surface area contributed by atoms with E-state index in [0.29, 0.717) is 28.9 Å². The highest BCUT2D eigenvalue weighted by molar-refractivity contribution is 5.84. The Morgan fingerprint density at radius 3 is 2.41 bits per heavy atom. The van der Waals surface area contributed by atoms with Gasteiger partial charge in [-0.3, -0.25) is 0 Å². The number of fused-ring (bicyclic) bond motifs is 1. The minimum Gasteiger partial charge on any atom is -0.348 e. The SMILES string of the molecule is CCCCCCCC1COC(c2ccc3c(F)c(CCc4ccc(C#N)cc4)ccc3c2)OC1. The van der Waals surface area contributed by atoms with Crippen molar-refractivity contribution in [2.24, 2.45) is 5.92 Å².